The fraction of sp³-hybridized carbons (Fsp3) is 1.00. The minimum Gasteiger partial charge on any atom is -0.317 e. The van der Waals surface area contributed by atoms with Gasteiger partial charge >= 0.3 is 0 Å². The molecule has 0 saturated carbocycles. The molecule has 3 heteroatoms. The SMILES string of the molecule is CCNCC1CCN(CCN(C(C)C)C(C)C)C1. The van der Waals surface area contributed by atoms with Gasteiger partial charge in [-0.15, -0.1) is 0 Å². The third-order valence-electron chi connectivity index (χ3n) is 4.05. The van der Waals surface area contributed by atoms with E-state index in [9.17, 15) is 0 Å². The Morgan fingerprint density at radius 2 is 1.89 bits per heavy atom. The van der Waals surface area contributed by atoms with E-state index >= 15 is 0 Å². The minimum atomic E-state index is 0.658. The monoisotopic (exact) mass is 255 g/mol. The maximum atomic E-state index is 3.47. The predicted octanol–water partition coefficient (Wildman–Crippen LogP) is 2.04. The topological polar surface area (TPSA) is 18.5 Å². The molecular weight excluding hydrogens is 222 g/mol. The van der Waals surface area contributed by atoms with E-state index in [1.807, 2.05) is 0 Å². The molecule has 1 aliphatic heterocycles. The van der Waals surface area contributed by atoms with Crippen LogP contribution in [0.5, 0.6) is 0 Å². The van der Waals surface area contributed by atoms with Crippen molar-refractivity contribution < 1.29 is 0 Å². The summed E-state index contributed by atoms with van der Waals surface area (Å²) in [4.78, 5) is 5.23. The number of nitrogens with zero attached hydrogens (tertiary/aromatic N) is 2. The van der Waals surface area contributed by atoms with E-state index in [0.29, 0.717) is 12.1 Å². The predicted molar refractivity (Wildman–Crippen MR) is 80.1 cm³/mol. The van der Waals surface area contributed by atoms with E-state index in [0.717, 1.165) is 12.5 Å². The van der Waals surface area contributed by atoms with Gasteiger partial charge in [-0.25, -0.2) is 0 Å². The Kier molecular flexibility index (Phi) is 7.20. The van der Waals surface area contributed by atoms with Crippen molar-refractivity contribution in [2.75, 3.05) is 39.3 Å². The average Bonchev–Trinajstić information content (AvgIpc) is 2.73. The van der Waals surface area contributed by atoms with Gasteiger partial charge < -0.3 is 10.2 Å². The van der Waals surface area contributed by atoms with Crippen molar-refractivity contribution >= 4 is 0 Å². The molecule has 0 aromatic carbocycles. The highest BCUT2D eigenvalue weighted by Crippen LogP contribution is 2.15. The van der Waals surface area contributed by atoms with Crippen molar-refractivity contribution in [2.45, 2.75) is 53.1 Å². The van der Waals surface area contributed by atoms with Crippen LogP contribution < -0.4 is 5.32 Å². The summed E-state index contributed by atoms with van der Waals surface area (Å²) in [5, 5.41) is 3.47. The van der Waals surface area contributed by atoms with Crippen LogP contribution >= 0.6 is 0 Å². The number of rotatable bonds is 8. The first-order chi connectivity index (χ1) is 8.54. The van der Waals surface area contributed by atoms with Crippen LogP contribution in [0.4, 0.5) is 0 Å². The van der Waals surface area contributed by atoms with Crippen LogP contribution in [0.3, 0.4) is 0 Å². The molecule has 0 aromatic heterocycles. The number of hydrogen-bond acceptors (Lipinski definition) is 3. The molecule has 0 radical (unpaired) electrons. The fourth-order valence-electron chi connectivity index (χ4n) is 3.00. The molecule has 1 heterocycles. The average molecular weight is 255 g/mol. The lowest BCUT2D eigenvalue weighted by atomic mass is 10.1. The van der Waals surface area contributed by atoms with Crippen LogP contribution in [-0.4, -0.2) is 61.2 Å². The molecule has 0 amide bonds. The summed E-state index contributed by atoms with van der Waals surface area (Å²) < 4.78 is 0. The molecule has 1 atom stereocenters. The summed E-state index contributed by atoms with van der Waals surface area (Å²) in [5.41, 5.74) is 0. The lowest BCUT2D eigenvalue weighted by molar-refractivity contribution is 0.151. The molecule has 0 spiro atoms. The van der Waals surface area contributed by atoms with Crippen LogP contribution in [0.2, 0.25) is 0 Å². The summed E-state index contributed by atoms with van der Waals surface area (Å²) in [6.45, 7) is 18.7. The first-order valence-electron chi connectivity index (χ1n) is 7.73. The largest absolute Gasteiger partial charge is 0.317 e. The maximum absolute atomic E-state index is 3.47. The molecule has 0 aliphatic carbocycles. The molecule has 18 heavy (non-hydrogen) atoms. The molecule has 1 rings (SSSR count). The lowest BCUT2D eigenvalue weighted by Gasteiger charge is -2.32. The zero-order valence-electron chi connectivity index (χ0n) is 13.1. The Bertz CT molecular complexity index is 208. The first kappa shape index (κ1) is 15.9. The van der Waals surface area contributed by atoms with Gasteiger partial charge in [-0.2, -0.15) is 0 Å². The Labute approximate surface area is 114 Å². The van der Waals surface area contributed by atoms with Crippen LogP contribution in [0, 0.1) is 5.92 Å². The maximum Gasteiger partial charge on any atom is 0.0115 e. The Hall–Kier alpha value is -0.120. The van der Waals surface area contributed by atoms with Crippen LogP contribution in [0.25, 0.3) is 0 Å². The normalized spacial score (nSPS) is 21.7. The standard InChI is InChI=1S/C15H33N3/c1-6-16-11-15-7-8-17(12-15)9-10-18(13(2)3)14(4)5/h13-16H,6-12H2,1-5H3. The van der Waals surface area contributed by atoms with E-state index in [1.54, 1.807) is 0 Å². The van der Waals surface area contributed by atoms with E-state index in [1.165, 1.54) is 39.1 Å². The van der Waals surface area contributed by atoms with E-state index in [4.69, 9.17) is 0 Å². The molecule has 1 saturated heterocycles. The molecule has 0 aromatic rings. The highest BCUT2D eigenvalue weighted by molar-refractivity contribution is 4.78. The second-order valence-electron chi connectivity index (χ2n) is 6.19. The Morgan fingerprint density at radius 1 is 1.22 bits per heavy atom. The minimum absolute atomic E-state index is 0.658. The smallest absolute Gasteiger partial charge is 0.0115 e. The first-order valence-corrected chi connectivity index (χ1v) is 7.73. The van der Waals surface area contributed by atoms with Crippen molar-refractivity contribution in [1.29, 1.82) is 0 Å². The van der Waals surface area contributed by atoms with E-state index in [-0.39, 0.29) is 0 Å². The molecule has 1 fully saturated rings. The fourth-order valence-corrected chi connectivity index (χ4v) is 3.00. The lowest BCUT2D eigenvalue weighted by Crippen LogP contribution is -2.42. The summed E-state index contributed by atoms with van der Waals surface area (Å²) in [6.07, 6.45) is 1.37. The third kappa shape index (κ3) is 5.25. The van der Waals surface area contributed by atoms with Crippen molar-refractivity contribution in [3.05, 3.63) is 0 Å². The molecule has 1 unspecified atom stereocenters. The summed E-state index contributed by atoms with van der Waals surface area (Å²) >= 11 is 0. The van der Waals surface area contributed by atoms with Crippen molar-refractivity contribution in [2.24, 2.45) is 5.92 Å². The van der Waals surface area contributed by atoms with Gasteiger partial charge in [0.15, 0.2) is 0 Å². The molecule has 3 nitrogen and oxygen atoms in total. The van der Waals surface area contributed by atoms with E-state index < -0.39 is 0 Å². The van der Waals surface area contributed by atoms with Crippen LogP contribution in [0.15, 0.2) is 0 Å². The molecule has 108 valence electrons. The van der Waals surface area contributed by atoms with Crippen LogP contribution in [-0.2, 0) is 0 Å². The van der Waals surface area contributed by atoms with Gasteiger partial charge in [0.25, 0.3) is 0 Å². The number of hydrogen-bond donors (Lipinski definition) is 1. The van der Waals surface area contributed by atoms with Crippen molar-refractivity contribution in [1.82, 2.24) is 15.1 Å². The zero-order chi connectivity index (χ0) is 13.5. The zero-order valence-corrected chi connectivity index (χ0v) is 13.1. The van der Waals surface area contributed by atoms with Crippen molar-refractivity contribution in [3.8, 4) is 0 Å². The number of nitrogens with one attached hydrogen (secondary N) is 1. The van der Waals surface area contributed by atoms with E-state index in [2.05, 4.69) is 49.7 Å². The van der Waals surface area contributed by atoms with Gasteiger partial charge in [-0.05, 0) is 59.7 Å². The second kappa shape index (κ2) is 8.13. The highest BCUT2D eigenvalue weighted by atomic mass is 15.2. The Balaban J connectivity index is 2.24. The van der Waals surface area contributed by atoms with Gasteiger partial charge in [-0.3, -0.25) is 4.90 Å². The second-order valence-corrected chi connectivity index (χ2v) is 6.19. The quantitative estimate of drug-likeness (QED) is 0.716. The van der Waals surface area contributed by atoms with Gasteiger partial charge in [0, 0.05) is 31.7 Å². The highest BCUT2D eigenvalue weighted by Gasteiger charge is 2.23. The summed E-state index contributed by atoms with van der Waals surface area (Å²) in [5.74, 6) is 0.872. The molecular formula is C15H33N3. The summed E-state index contributed by atoms with van der Waals surface area (Å²) in [6, 6.07) is 1.32. The van der Waals surface area contributed by atoms with Crippen LogP contribution in [0.1, 0.15) is 41.0 Å². The Morgan fingerprint density at radius 3 is 2.44 bits per heavy atom. The van der Waals surface area contributed by atoms with Crippen molar-refractivity contribution in [3.63, 3.8) is 0 Å². The van der Waals surface area contributed by atoms with Gasteiger partial charge in [-0.1, -0.05) is 6.92 Å². The summed E-state index contributed by atoms with van der Waals surface area (Å²) in [7, 11) is 0. The van der Waals surface area contributed by atoms with Gasteiger partial charge in [0.2, 0.25) is 0 Å². The third-order valence-corrected chi connectivity index (χ3v) is 4.05. The number of likely N-dealkylation sites (tertiary alicyclic amines) is 1. The van der Waals surface area contributed by atoms with Gasteiger partial charge in [0.1, 0.15) is 0 Å². The van der Waals surface area contributed by atoms with Gasteiger partial charge in [0.05, 0.1) is 0 Å². The molecule has 0 bridgehead atoms. The molecule has 1 N–H and O–H groups in total. The molecule has 1 aliphatic rings.